The number of ether oxygens (including phenoxy) is 1. The van der Waals surface area contributed by atoms with Gasteiger partial charge in [-0.1, -0.05) is 33.8 Å². The van der Waals surface area contributed by atoms with Crippen molar-refractivity contribution in [3.63, 3.8) is 0 Å². The van der Waals surface area contributed by atoms with E-state index in [1.807, 2.05) is 32.9 Å². The maximum Gasteiger partial charge on any atom is 0.407 e. The zero-order chi connectivity index (χ0) is 29.8. The van der Waals surface area contributed by atoms with Gasteiger partial charge in [0, 0.05) is 12.7 Å². The second-order valence-corrected chi connectivity index (χ2v) is 11.4. The molecule has 12 nitrogen and oxygen atoms in total. The van der Waals surface area contributed by atoms with E-state index in [0.29, 0.717) is 25.1 Å². The molecule has 0 aromatic carbocycles. The van der Waals surface area contributed by atoms with E-state index >= 15 is 0 Å². The van der Waals surface area contributed by atoms with Crippen LogP contribution in [0.4, 0.5) is 4.79 Å². The first-order valence-electron chi connectivity index (χ1n) is 13.5. The zero-order valence-electron chi connectivity index (χ0n) is 24.5. The standard InChI is InChI=1S/C28H40N6O6/c1-15(2)20(22(35)24-32-33-26(40-24)28(6,7)19-12-11-17(5)14-29-19)30-23(36)18-10-9-13-34(18)25(37)21(16(3)4)31-27(38)39-8/h11-12,14-16,18,20-21H,9-10,13H2,1-8H3,(H,30,36)(H,31,38)/t18-,20-,21-/m0/s1. The van der Waals surface area contributed by atoms with Crippen LogP contribution in [-0.2, 0) is 19.7 Å². The van der Waals surface area contributed by atoms with Gasteiger partial charge in [-0.25, -0.2) is 4.79 Å². The summed E-state index contributed by atoms with van der Waals surface area (Å²) in [6, 6.07) is 1.21. The lowest BCUT2D eigenvalue weighted by Gasteiger charge is -2.31. The number of carbonyl (C=O) groups is 4. The van der Waals surface area contributed by atoms with Crippen LogP contribution in [-0.4, -0.2) is 75.6 Å². The van der Waals surface area contributed by atoms with Crippen molar-refractivity contribution in [3.8, 4) is 0 Å². The number of aryl methyl sites for hydroxylation is 1. The van der Waals surface area contributed by atoms with Gasteiger partial charge in [0.2, 0.25) is 23.5 Å². The number of hydrogen-bond acceptors (Lipinski definition) is 9. The van der Waals surface area contributed by atoms with Crippen molar-refractivity contribution in [2.45, 2.75) is 84.8 Å². The molecule has 3 heterocycles. The molecule has 0 bridgehead atoms. The summed E-state index contributed by atoms with van der Waals surface area (Å²) in [5, 5.41) is 13.5. The summed E-state index contributed by atoms with van der Waals surface area (Å²) in [6.07, 6.45) is 2.07. The third-order valence-corrected chi connectivity index (χ3v) is 7.20. The second-order valence-electron chi connectivity index (χ2n) is 11.4. The number of nitrogens with zero attached hydrogens (tertiary/aromatic N) is 4. The van der Waals surface area contributed by atoms with Gasteiger partial charge in [-0.2, -0.15) is 0 Å². The SMILES string of the molecule is COC(=O)N[C@H](C(=O)N1CCC[C@H]1C(=O)N[C@H](C(=O)c1nnc(C(C)(C)c2ccc(C)cn2)o1)C(C)C)C(C)C. The van der Waals surface area contributed by atoms with Crippen LogP contribution >= 0.6 is 0 Å². The Morgan fingerprint density at radius 1 is 1.05 bits per heavy atom. The number of carbonyl (C=O) groups excluding carboxylic acids is 4. The first-order valence-corrected chi connectivity index (χ1v) is 13.5. The van der Waals surface area contributed by atoms with Crippen molar-refractivity contribution >= 4 is 23.7 Å². The third-order valence-electron chi connectivity index (χ3n) is 7.20. The number of amides is 3. The molecule has 40 heavy (non-hydrogen) atoms. The summed E-state index contributed by atoms with van der Waals surface area (Å²) < 4.78 is 10.5. The first-order chi connectivity index (χ1) is 18.8. The molecule has 0 unspecified atom stereocenters. The van der Waals surface area contributed by atoms with Crippen molar-refractivity contribution in [2.75, 3.05) is 13.7 Å². The molecular formula is C28H40N6O6. The Morgan fingerprint density at radius 2 is 1.73 bits per heavy atom. The second kappa shape index (κ2) is 12.6. The summed E-state index contributed by atoms with van der Waals surface area (Å²) in [5.41, 5.74) is 0.978. The Balaban J connectivity index is 1.77. The minimum absolute atomic E-state index is 0.212. The minimum atomic E-state index is -0.951. The molecule has 0 aliphatic carbocycles. The fourth-order valence-electron chi connectivity index (χ4n) is 4.62. The highest BCUT2D eigenvalue weighted by Gasteiger charge is 2.41. The molecule has 3 atom stereocenters. The van der Waals surface area contributed by atoms with Crippen molar-refractivity contribution in [1.82, 2.24) is 30.7 Å². The van der Waals surface area contributed by atoms with Crippen LogP contribution in [0.25, 0.3) is 0 Å². The molecule has 2 aromatic heterocycles. The number of rotatable bonds is 10. The van der Waals surface area contributed by atoms with E-state index in [0.717, 1.165) is 5.56 Å². The van der Waals surface area contributed by atoms with Gasteiger partial charge < -0.3 is 24.7 Å². The van der Waals surface area contributed by atoms with Crippen LogP contribution in [0.15, 0.2) is 22.7 Å². The van der Waals surface area contributed by atoms with Crippen LogP contribution in [0.5, 0.6) is 0 Å². The van der Waals surface area contributed by atoms with E-state index in [4.69, 9.17) is 4.42 Å². The van der Waals surface area contributed by atoms with Crippen molar-refractivity contribution < 1.29 is 28.3 Å². The Hall–Kier alpha value is -3.83. The summed E-state index contributed by atoms with van der Waals surface area (Å²) in [6.45, 7) is 13.2. The average molecular weight is 557 g/mol. The lowest BCUT2D eigenvalue weighted by atomic mass is 9.88. The first kappa shape index (κ1) is 30.7. The monoisotopic (exact) mass is 556 g/mol. The molecule has 2 N–H and O–H groups in total. The summed E-state index contributed by atoms with van der Waals surface area (Å²) in [4.78, 5) is 57.9. The van der Waals surface area contributed by atoms with Crippen molar-refractivity contribution in [3.05, 3.63) is 41.4 Å². The van der Waals surface area contributed by atoms with E-state index < -0.39 is 41.3 Å². The van der Waals surface area contributed by atoms with Gasteiger partial charge in [-0.05, 0) is 57.1 Å². The number of methoxy groups -OCH3 is 1. The van der Waals surface area contributed by atoms with Gasteiger partial charge in [0.25, 0.3) is 5.89 Å². The Bertz CT molecular complexity index is 1220. The number of ketones is 1. The molecule has 1 saturated heterocycles. The molecule has 1 aliphatic rings. The van der Waals surface area contributed by atoms with Gasteiger partial charge in [-0.15, -0.1) is 10.2 Å². The number of pyridine rings is 1. The number of hydrogen-bond donors (Lipinski definition) is 2. The van der Waals surface area contributed by atoms with Crippen LogP contribution in [0, 0.1) is 18.8 Å². The molecule has 1 aliphatic heterocycles. The van der Waals surface area contributed by atoms with Crippen LogP contribution in [0.1, 0.15) is 82.2 Å². The molecule has 3 rings (SSSR count). The number of alkyl carbamates (subject to hydrolysis) is 1. The van der Waals surface area contributed by atoms with Gasteiger partial charge >= 0.3 is 6.09 Å². The highest BCUT2D eigenvalue weighted by atomic mass is 16.5. The van der Waals surface area contributed by atoms with E-state index in [9.17, 15) is 19.2 Å². The molecule has 0 saturated carbocycles. The predicted octanol–water partition coefficient (Wildman–Crippen LogP) is 2.79. The van der Waals surface area contributed by atoms with Crippen LogP contribution in [0.3, 0.4) is 0 Å². The van der Waals surface area contributed by atoms with Crippen molar-refractivity contribution in [2.24, 2.45) is 11.8 Å². The fraction of sp³-hybridized carbons (Fsp3) is 0.607. The smallest absolute Gasteiger partial charge is 0.407 e. The molecule has 1 fully saturated rings. The largest absolute Gasteiger partial charge is 0.453 e. The molecule has 0 radical (unpaired) electrons. The number of likely N-dealkylation sites (tertiary alicyclic amines) is 1. The highest BCUT2D eigenvalue weighted by Crippen LogP contribution is 2.29. The minimum Gasteiger partial charge on any atom is -0.453 e. The molecule has 3 amide bonds. The van der Waals surface area contributed by atoms with E-state index in [-0.39, 0.29) is 29.5 Å². The predicted molar refractivity (Wildman–Crippen MR) is 145 cm³/mol. The van der Waals surface area contributed by atoms with Crippen LogP contribution in [0.2, 0.25) is 0 Å². The molecule has 0 spiro atoms. The normalized spacial score (nSPS) is 17.1. The van der Waals surface area contributed by atoms with E-state index in [2.05, 4.69) is 30.6 Å². The molecule has 2 aromatic rings. The summed E-state index contributed by atoms with van der Waals surface area (Å²) in [7, 11) is 1.22. The highest BCUT2D eigenvalue weighted by molar-refractivity contribution is 6.00. The lowest BCUT2D eigenvalue weighted by molar-refractivity contribution is -0.141. The maximum atomic E-state index is 13.5. The van der Waals surface area contributed by atoms with Gasteiger partial charge in [0.1, 0.15) is 12.1 Å². The molecular weight excluding hydrogens is 516 g/mol. The Morgan fingerprint density at radius 3 is 2.30 bits per heavy atom. The Labute approximate surface area is 234 Å². The van der Waals surface area contributed by atoms with Crippen LogP contribution < -0.4 is 10.6 Å². The van der Waals surface area contributed by atoms with Gasteiger partial charge in [0.05, 0.1) is 24.3 Å². The number of Topliss-reactive ketones (excluding diaryl/α,β-unsaturated/α-hetero) is 1. The Kier molecular flexibility index (Phi) is 9.65. The average Bonchev–Trinajstić information content (AvgIpc) is 3.60. The summed E-state index contributed by atoms with van der Waals surface area (Å²) in [5.74, 6) is -1.86. The van der Waals surface area contributed by atoms with E-state index in [1.54, 1.807) is 33.9 Å². The number of aromatic nitrogens is 3. The zero-order valence-corrected chi connectivity index (χ0v) is 24.5. The summed E-state index contributed by atoms with van der Waals surface area (Å²) >= 11 is 0. The lowest BCUT2D eigenvalue weighted by Crippen LogP contribution is -2.57. The third kappa shape index (κ3) is 6.65. The molecule has 12 heteroatoms. The van der Waals surface area contributed by atoms with Gasteiger partial charge in [-0.3, -0.25) is 19.4 Å². The number of nitrogens with one attached hydrogen (secondary N) is 2. The topological polar surface area (TPSA) is 157 Å². The van der Waals surface area contributed by atoms with E-state index in [1.165, 1.54) is 12.0 Å². The fourth-order valence-corrected chi connectivity index (χ4v) is 4.62. The maximum absolute atomic E-state index is 13.5. The van der Waals surface area contributed by atoms with Crippen molar-refractivity contribution in [1.29, 1.82) is 0 Å². The van der Waals surface area contributed by atoms with Gasteiger partial charge in [0.15, 0.2) is 0 Å². The molecule has 218 valence electrons. The quantitative estimate of drug-likeness (QED) is 0.420.